The molecule has 0 saturated heterocycles. The summed E-state index contributed by atoms with van der Waals surface area (Å²) in [6, 6.07) is 14.2. The molecule has 0 aliphatic carbocycles. The van der Waals surface area contributed by atoms with E-state index in [9.17, 15) is 9.59 Å². The molecule has 2 aromatic carbocycles. The second kappa shape index (κ2) is 9.67. The van der Waals surface area contributed by atoms with Crippen LogP contribution in [0.3, 0.4) is 0 Å². The molecule has 0 fully saturated rings. The van der Waals surface area contributed by atoms with Gasteiger partial charge in [-0.15, -0.1) is 10.2 Å². The van der Waals surface area contributed by atoms with Crippen LogP contribution in [-0.4, -0.2) is 34.9 Å². The van der Waals surface area contributed by atoms with Crippen LogP contribution in [0.15, 0.2) is 57.3 Å². The van der Waals surface area contributed by atoms with Crippen LogP contribution in [0, 0.1) is 0 Å². The second-order valence-corrected chi connectivity index (χ2v) is 8.49. The summed E-state index contributed by atoms with van der Waals surface area (Å²) in [5, 5.41) is 13.8. The van der Waals surface area contributed by atoms with E-state index in [1.807, 2.05) is 24.3 Å². The topological polar surface area (TPSA) is 93.2 Å². The molecule has 1 aromatic heterocycles. The maximum absolute atomic E-state index is 12.4. The van der Waals surface area contributed by atoms with Crippen molar-refractivity contribution in [3.63, 3.8) is 0 Å². The van der Waals surface area contributed by atoms with Gasteiger partial charge < -0.3 is 10.1 Å². The first-order valence-corrected chi connectivity index (χ1v) is 10.6. The van der Waals surface area contributed by atoms with Crippen molar-refractivity contribution in [3.8, 4) is 5.75 Å². The van der Waals surface area contributed by atoms with Crippen LogP contribution < -0.4 is 15.4 Å². The predicted molar refractivity (Wildman–Crippen MR) is 114 cm³/mol. The monoisotopic (exact) mass is 478 g/mol. The Balaban J connectivity index is 1.53. The number of carbonyl (C=O) groups excluding carboxylic acids is 2. The highest BCUT2D eigenvalue weighted by atomic mass is 79.9. The van der Waals surface area contributed by atoms with E-state index in [1.165, 1.54) is 30.2 Å². The number of nitrogens with one attached hydrogen (secondary N) is 2. The number of anilines is 2. The van der Waals surface area contributed by atoms with Crippen molar-refractivity contribution in [1.82, 2.24) is 10.2 Å². The Hall–Kier alpha value is -2.43. The predicted octanol–water partition coefficient (Wildman–Crippen LogP) is 4.29. The number of amides is 2. The quantitative estimate of drug-likeness (QED) is 0.388. The van der Waals surface area contributed by atoms with Crippen LogP contribution >= 0.6 is 39.0 Å². The summed E-state index contributed by atoms with van der Waals surface area (Å²) >= 11 is 5.80. The van der Waals surface area contributed by atoms with Gasteiger partial charge in [-0.3, -0.25) is 14.9 Å². The molecular formula is C18H15BrN4O3S2. The Kier molecular flexibility index (Phi) is 7.01. The average Bonchev–Trinajstić information content (AvgIpc) is 3.15. The van der Waals surface area contributed by atoms with E-state index in [4.69, 9.17) is 4.74 Å². The van der Waals surface area contributed by atoms with Crippen molar-refractivity contribution < 1.29 is 14.3 Å². The molecule has 10 heteroatoms. The van der Waals surface area contributed by atoms with E-state index in [0.717, 1.165) is 10.2 Å². The number of aromatic nitrogens is 2. The first kappa shape index (κ1) is 20.3. The second-order valence-electron chi connectivity index (χ2n) is 5.37. The fourth-order valence-electron chi connectivity index (χ4n) is 2.17. The first-order valence-electron chi connectivity index (χ1n) is 8.01. The zero-order chi connectivity index (χ0) is 19.9. The van der Waals surface area contributed by atoms with Gasteiger partial charge >= 0.3 is 0 Å². The molecule has 7 nitrogen and oxygen atoms in total. The number of ether oxygens (including phenoxy) is 1. The Labute approximate surface area is 178 Å². The maximum Gasteiger partial charge on any atom is 0.261 e. The molecule has 28 heavy (non-hydrogen) atoms. The van der Waals surface area contributed by atoms with Gasteiger partial charge in [0.2, 0.25) is 11.0 Å². The van der Waals surface area contributed by atoms with Crippen molar-refractivity contribution in [3.05, 3.63) is 58.6 Å². The van der Waals surface area contributed by atoms with Crippen LogP contribution in [-0.2, 0) is 4.79 Å². The number of halogens is 1. The molecule has 2 N–H and O–H groups in total. The number of nitrogens with zero attached hydrogens (tertiary/aromatic N) is 2. The van der Waals surface area contributed by atoms with Gasteiger partial charge in [0, 0.05) is 10.2 Å². The number of hydrogen-bond donors (Lipinski definition) is 2. The van der Waals surface area contributed by atoms with E-state index in [1.54, 1.807) is 24.3 Å². The highest BCUT2D eigenvalue weighted by Crippen LogP contribution is 2.27. The van der Waals surface area contributed by atoms with Crippen molar-refractivity contribution in [2.75, 3.05) is 23.5 Å². The van der Waals surface area contributed by atoms with Crippen molar-refractivity contribution in [1.29, 1.82) is 0 Å². The van der Waals surface area contributed by atoms with Gasteiger partial charge in [-0.05, 0) is 36.4 Å². The zero-order valence-corrected chi connectivity index (χ0v) is 17.9. The van der Waals surface area contributed by atoms with Crippen molar-refractivity contribution in [2.24, 2.45) is 0 Å². The van der Waals surface area contributed by atoms with E-state index in [2.05, 4.69) is 36.8 Å². The van der Waals surface area contributed by atoms with Crippen LogP contribution in [0.4, 0.5) is 10.8 Å². The summed E-state index contributed by atoms with van der Waals surface area (Å²) in [6.45, 7) is 0. The van der Waals surface area contributed by atoms with Gasteiger partial charge in [-0.1, -0.05) is 51.2 Å². The van der Waals surface area contributed by atoms with Crippen molar-refractivity contribution in [2.45, 2.75) is 4.34 Å². The minimum Gasteiger partial charge on any atom is -0.496 e. The molecule has 0 saturated carbocycles. The number of para-hydroxylation sites is 1. The Morgan fingerprint density at radius 2 is 1.86 bits per heavy atom. The summed E-state index contributed by atoms with van der Waals surface area (Å²) in [5.41, 5.74) is 1.12. The van der Waals surface area contributed by atoms with E-state index < -0.39 is 0 Å². The molecule has 1 heterocycles. The molecule has 144 valence electrons. The number of thioether (sulfide) groups is 1. The lowest BCUT2D eigenvalue weighted by atomic mass is 10.2. The molecule has 3 rings (SSSR count). The third kappa shape index (κ3) is 5.54. The average molecular weight is 479 g/mol. The van der Waals surface area contributed by atoms with Crippen LogP contribution in [0.1, 0.15) is 10.4 Å². The molecule has 3 aromatic rings. The number of rotatable bonds is 7. The third-order valence-electron chi connectivity index (χ3n) is 3.43. The fraction of sp³-hybridized carbons (Fsp3) is 0.111. The Morgan fingerprint density at radius 1 is 1.11 bits per heavy atom. The van der Waals surface area contributed by atoms with Crippen LogP contribution in [0.25, 0.3) is 0 Å². The highest BCUT2D eigenvalue weighted by Gasteiger charge is 2.15. The molecule has 0 spiro atoms. The Bertz CT molecular complexity index is 979. The van der Waals surface area contributed by atoms with Gasteiger partial charge in [-0.2, -0.15) is 0 Å². The molecule has 0 radical (unpaired) electrons. The normalized spacial score (nSPS) is 10.4. The SMILES string of the molecule is COc1ccccc1C(=O)Nc1nnc(SCC(=O)Nc2ccc(Br)cc2)s1. The van der Waals surface area contributed by atoms with Gasteiger partial charge in [-0.25, -0.2) is 0 Å². The third-order valence-corrected chi connectivity index (χ3v) is 5.93. The van der Waals surface area contributed by atoms with Gasteiger partial charge in [0.1, 0.15) is 5.75 Å². The lowest BCUT2D eigenvalue weighted by Crippen LogP contribution is -2.13. The number of hydrogen-bond acceptors (Lipinski definition) is 7. The summed E-state index contributed by atoms with van der Waals surface area (Å²) in [6.07, 6.45) is 0. The van der Waals surface area contributed by atoms with E-state index in [0.29, 0.717) is 20.8 Å². The number of methoxy groups -OCH3 is 1. The van der Waals surface area contributed by atoms with Crippen molar-refractivity contribution >= 4 is 61.7 Å². The highest BCUT2D eigenvalue weighted by molar-refractivity contribution is 9.10. The summed E-state index contributed by atoms with van der Waals surface area (Å²) < 4.78 is 6.71. The number of benzene rings is 2. The summed E-state index contributed by atoms with van der Waals surface area (Å²) in [4.78, 5) is 24.4. The van der Waals surface area contributed by atoms with Gasteiger partial charge in [0.05, 0.1) is 18.4 Å². The Morgan fingerprint density at radius 3 is 2.61 bits per heavy atom. The summed E-state index contributed by atoms with van der Waals surface area (Å²) in [7, 11) is 1.51. The van der Waals surface area contributed by atoms with E-state index in [-0.39, 0.29) is 17.6 Å². The largest absolute Gasteiger partial charge is 0.496 e. The number of carbonyl (C=O) groups is 2. The zero-order valence-electron chi connectivity index (χ0n) is 14.6. The van der Waals surface area contributed by atoms with E-state index >= 15 is 0 Å². The standard InChI is InChI=1S/C18H15BrN4O3S2/c1-26-14-5-3-2-4-13(14)16(25)21-17-22-23-18(28-17)27-10-15(24)20-12-8-6-11(19)7-9-12/h2-9H,10H2,1H3,(H,20,24)(H,21,22,25). The maximum atomic E-state index is 12.4. The van der Waals surface area contributed by atoms with Crippen LogP contribution in [0.2, 0.25) is 0 Å². The molecular weight excluding hydrogens is 464 g/mol. The van der Waals surface area contributed by atoms with Gasteiger partial charge in [0.15, 0.2) is 4.34 Å². The molecule has 2 amide bonds. The van der Waals surface area contributed by atoms with Crippen LogP contribution in [0.5, 0.6) is 5.75 Å². The lowest BCUT2D eigenvalue weighted by molar-refractivity contribution is -0.113. The fourth-order valence-corrected chi connectivity index (χ4v) is 3.98. The minimum absolute atomic E-state index is 0.151. The lowest BCUT2D eigenvalue weighted by Gasteiger charge is -2.06. The minimum atomic E-state index is -0.335. The first-order chi connectivity index (χ1) is 13.5. The van der Waals surface area contributed by atoms with Gasteiger partial charge in [0.25, 0.3) is 5.91 Å². The summed E-state index contributed by atoms with van der Waals surface area (Å²) in [5.74, 6) is 0.175. The molecule has 0 aliphatic heterocycles. The molecule has 0 aliphatic rings. The molecule has 0 unspecified atom stereocenters. The molecule has 0 atom stereocenters. The smallest absolute Gasteiger partial charge is 0.261 e. The molecule has 0 bridgehead atoms.